The third-order valence-electron chi connectivity index (χ3n) is 3.04. The van der Waals surface area contributed by atoms with Gasteiger partial charge in [0.1, 0.15) is 0 Å². The van der Waals surface area contributed by atoms with Gasteiger partial charge >= 0.3 is 0 Å². The van der Waals surface area contributed by atoms with Crippen molar-refractivity contribution >= 4 is 5.69 Å². The van der Waals surface area contributed by atoms with Gasteiger partial charge in [-0.15, -0.1) is 0 Å². The number of aryl methyl sites for hydroxylation is 1. The minimum atomic E-state index is 0.0511. The maximum absolute atomic E-state index is 9.34. The van der Waals surface area contributed by atoms with Gasteiger partial charge in [-0.25, -0.2) is 0 Å². The van der Waals surface area contributed by atoms with Gasteiger partial charge in [0.15, 0.2) is 0 Å². The minimum Gasteiger partial charge on any atom is -0.392 e. The third-order valence-corrected chi connectivity index (χ3v) is 3.04. The molecule has 0 aliphatic heterocycles. The number of aromatic nitrogens is 1. The Hall–Kier alpha value is -1.09. The Morgan fingerprint density at radius 2 is 2.12 bits per heavy atom. The number of rotatable bonds is 5. The number of hydrogen-bond acceptors (Lipinski definition) is 3. The van der Waals surface area contributed by atoms with Crippen molar-refractivity contribution in [1.29, 1.82) is 0 Å². The highest BCUT2D eigenvalue weighted by molar-refractivity contribution is 5.54. The van der Waals surface area contributed by atoms with Crippen molar-refractivity contribution in [1.82, 2.24) is 4.98 Å². The second-order valence-corrected chi connectivity index (χ2v) is 4.16. The van der Waals surface area contributed by atoms with Gasteiger partial charge in [-0.1, -0.05) is 6.92 Å². The van der Waals surface area contributed by atoms with Gasteiger partial charge in [0, 0.05) is 35.7 Å². The summed E-state index contributed by atoms with van der Waals surface area (Å²) in [5.74, 6) is 0. The Bertz CT molecular complexity index is 339. The Labute approximate surface area is 98.1 Å². The van der Waals surface area contributed by atoms with Crippen LogP contribution in [-0.2, 0) is 6.61 Å². The molecule has 1 heterocycles. The van der Waals surface area contributed by atoms with Gasteiger partial charge in [0.2, 0.25) is 0 Å². The molecule has 0 aliphatic rings. The van der Waals surface area contributed by atoms with Crippen LogP contribution in [0.4, 0.5) is 5.69 Å². The van der Waals surface area contributed by atoms with Gasteiger partial charge < -0.3 is 10.0 Å². The number of hydrogen-bond donors (Lipinski definition) is 1. The summed E-state index contributed by atoms with van der Waals surface area (Å²) in [7, 11) is 0. The van der Waals surface area contributed by atoms with Gasteiger partial charge in [0.25, 0.3) is 0 Å². The smallest absolute Gasteiger partial charge is 0.0717 e. The summed E-state index contributed by atoms with van der Waals surface area (Å²) in [6.45, 7) is 9.51. The van der Waals surface area contributed by atoms with Gasteiger partial charge in [0.05, 0.1) is 6.61 Å². The highest BCUT2D eigenvalue weighted by Gasteiger charge is 2.14. The van der Waals surface area contributed by atoms with Crippen molar-refractivity contribution in [3.8, 4) is 0 Å². The van der Waals surface area contributed by atoms with Crippen molar-refractivity contribution in [3.05, 3.63) is 23.5 Å². The summed E-state index contributed by atoms with van der Waals surface area (Å²) in [6, 6.07) is 2.54. The van der Waals surface area contributed by atoms with Crippen LogP contribution >= 0.6 is 0 Å². The summed E-state index contributed by atoms with van der Waals surface area (Å²) in [4.78, 5) is 6.55. The first kappa shape index (κ1) is 13.0. The lowest BCUT2D eigenvalue weighted by atomic mass is 10.1. The molecule has 0 aliphatic carbocycles. The maximum atomic E-state index is 9.34. The molecule has 1 aromatic rings. The van der Waals surface area contributed by atoms with E-state index in [1.807, 2.05) is 6.92 Å². The minimum absolute atomic E-state index is 0.0511. The van der Waals surface area contributed by atoms with E-state index in [0.29, 0.717) is 6.04 Å². The molecule has 1 N–H and O–H groups in total. The van der Waals surface area contributed by atoms with Gasteiger partial charge in [-0.3, -0.25) is 4.98 Å². The van der Waals surface area contributed by atoms with Crippen LogP contribution in [0.5, 0.6) is 0 Å². The summed E-state index contributed by atoms with van der Waals surface area (Å²) < 4.78 is 0. The van der Waals surface area contributed by atoms with E-state index in [4.69, 9.17) is 0 Å². The van der Waals surface area contributed by atoms with E-state index >= 15 is 0 Å². The van der Waals surface area contributed by atoms with E-state index in [2.05, 4.69) is 36.7 Å². The highest BCUT2D eigenvalue weighted by Crippen LogP contribution is 2.23. The zero-order valence-corrected chi connectivity index (χ0v) is 10.7. The zero-order chi connectivity index (χ0) is 12.1. The second kappa shape index (κ2) is 5.85. The molecule has 0 amide bonds. The third kappa shape index (κ3) is 2.73. The second-order valence-electron chi connectivity index (χ2n) is 4.16. The van der Waals surface area contributed by atoms with Crippen molar-refractivity contribution in [3.63, 3.8) is 0 Å². The first-order chi connectivity index (χ1) is 7.63. The summed E-state index contributed by atoms with van der Waals surface area (Å²) in [6.07, 6.45) is 2.87. The van der Waals surface area contributed by atoms with Crippen molar-refractivity contribution in [2.24, 2.45) is 0 Å². The predicted molar refractivity (Wildman–Crippen MR) is 67.7 cm³/mol. The largest absolute Gasteiger partial charge is 0.392 e. The molecule has 3 nitrogen and oxygen atoms in total. The number of aliphatic hydroxyl groups is 1. The standard InChI is InChI=1S/C13H22N2O/c1-5-11(4)15(6-2)13-7-10(3)14-8-12(13)9-16/h7-8,11,16H,5-6,9H2,1-4H3. The number of nitrogens with zero attached hydrogens (tertiary/aromatic N) is 2. The lowest BCUT2D eigenvalue weighted by Gasteiger charge is -2.31. The molecule has 0 aromatic carbocycles. The van der Waals surface area contributed by atoms with E-state index in [0.717, 1.165) is 29.9 Å². The Balaban J connectivity index is 3.11. The molecular formula is C13H22N2O. The molecule has 1 rings (SSSR count). The molecular weight excluding hydrogens is 200 g/mol. The quantitative estimate of drug-likeness (QED) is 0.831. The lowest BCUT2D eigenvalue weighted by molar-refractivity contribution is 0.281. The first-order valence-corrected chi connectivity index (χ1v) is 5.97. The molecule has 1 unspecified atom stereocenters. The van der Waals surface area contributed by atoms with E-state index in [1.54, 1.807) is 6.20 Å². The summed E-state index contributed by atoms with van der Waals surface area (Å²) >= 11 is 0. The van der Waals surface area contributed by atoms with Gasteiger partial charge in [-0.05, 0) is 33.3 Å². The number of aliphatic hydroxyl groups excluding tert-OH is 1. The fraction of sp³-hybridized carbons (Fsp3) is 0.615. The molecule has 0 saturated carbocycles. The fourth-order valence-electron chi connectivity index (χ4n) is 1.90. The molecule has 0 saturated heterocycles. The Kier molecular flexibility index (Phi) is 4.74. The molecule has 0 fully saturated rings. The van der Waals surface area contributed by atoms with Crippen molar-refractivity contribution in [2.75, 3.05) is 11.4 Å². The average molecular weight is 222 g/mol. The molecule has 3 heteroatoms. The Morgan fingerprint density at radius 1 is 1.44 bits per heavy atom. The fourth-order valence-corrected chi connectivity index (χ4v) is 1.90. The van der Waals surface area contributed by atoms with Crippen LogP contribution in [0, 0.1) is 6.92 Å². The first-order valence-electron chi connectivity index (χ1n) is 5.97. The maximum Gasteiger partial charge on any atom is 0.0717 e. The Morgan fingerprint density at radius 3 is 2.62 bits per heavy atom. The van der Waals surface area contributed by atoms with E-state index in [9.17, 15) is 5.11 Å². The monoisotopic (exact) mass is 222 g/mol. The molecule has 0 radical (unpaired) electrons. The van der Waals surface area contributed by atoms with Gasteiger partial charge in [-0.2, -0.15) is 0 Å². The molecule has 0 spiro atoms. The van der Waals surface area contributed by atoms with Crippen LogP contribution in [-0.4, -0.2) is 22.7 Å². The molecule has 1 aromatic heterocycles. The van der Waals surface area contributed by atoms with Crippen LogP contribution in [0.25, 0.3) is 0 Å². The predicted octanol–water partition coefficient (Wildman–Crippen LogP) is 2.51. The average Bonchev–Trinajstić information content (AvgIpc) is 2.30. The van der Waals surface area contributed by atoms with E-state index < -0.39 is 0 Å². The SMILES string of the molecule is CCC(C)N(CC)c1cc(C)ncc1CO. The molecule has 0 bridgehead atoms. The topological polar surface area (TPSA) is 36.4 Å². The number of anilines is 1. The van der Waals surface area contributed by atoms with Crippen LogP contribution in [0.1, 0.15) is 38.4 Å². The van der Waals surface area contributed by atoms with Crippen LogP contribution in [0.2, 0.25) is 0 Å². The molecule has 90 valence electrons. The lowest BCUT2D eigenvalue weighted by Crippen LogP contribution is -2.33. The summed E-state index contributed by atoms with van der Waals surface area (Å²) in [5.41, 5.74) is 3.02. The van der Waals surface area contributed by atoms with Crippen molar-refractivity contribution in [2.45, 2.75) is 46.8 Å². The van der Waals surface area contributed by atoms with Crippen LogP contribution < -0.4 is 4.90 Å². The van der Waals surface area contributed by atoms with Crippen LogP contribution in [0.15, 0.2) is 12.3 Å². The van der Waals surface area contributed by atoms with Crippen molar-refractivity contribution < 1.29 is 5.11 Å². The number of pyridine rings is 1. The molecule has 16 heavy (non-hydrogen) atoms. The van der Waals surface area contributed by atoms with E-state index in [1.165, 1.54) is 0 Å². The van der Waals surface area contributed by atoms with Crippen LogP contribution in [0.3, 0.4) is 0 Å². The summed E-state index contributed by atoms with van der Waals surface area (Å²) in [5, 5.41) is 9.34. The normalized spacial score (nSPS) is 12.6. The molecule has 1 atom stereocenters. The highest BCUT2D eigenvalue weighted by atomic mass is 16.3. The van der Waals surface area contributed by atoms with E-state index in [-0.39, 0.29) is 6.61 Å². The zero-order valence-electron chi connectivity index (χ0n) is 10.7.